The number of halogens is 1. The van der Waals surface area contributed by atoms with Crippen molar-refractivity contribution in [3.8, 4) is 0 Å². The fourth-order valence-electron chi connectivity index (χ4n) is 4.59. The Balaban J connectivity index is 1.59. The highest BCUT2D eigenvalue weighted by Gasteiger charge is 2.46. The van der Waals surface area contributed by atoms with Crippen LogP contribution in [0.3, 0.4) is 0 Å². The molecule has 0 aromatic heterocycles. The van der Waals surface area contributed by atoms with Gasteiger partial charge in [-0.15, -0.1) is 0 Å². The number of hydrogen-bond donors (Lipinski definition) is 2. The Morgan fingerprint density at radius 2 is 1.93 bits per heavy atom. The zero-order valence-electron chi connectivity index (χ0n) is 15.2. The first-order valence-corrected chi connectivity index (χ1v) is 11.8. The van der Waals surface area contributed by atoms with Crippen LogP contribution in [0.1, 0.15) is 38.5 Å². The van der Waals surface area contributed by atoms with E-state index in [1.807, 2.05) is 0 Å². The van der Waals surface area contributed by atoms with E-state index in [-0.39, 0.29) is 11.3 Å². The van der Waals surface area contributed by atoms with Crippen molar-refractivity contribution in [2.75, 3.05) is 6.54 Å². The van der Waals surface area contributed by atoms with E-state index in [0.29, 0.717) is 36.6 Å². The lowest BCUT2D eigenvalue weighted by atomic mass is 9.79. The van der Waals surface area contributed by atoms with Crippen LogP contribution in [0.4, 0.5) is 0 Å². The number of carbonyl (C=O) groups is 1. The summed E-state index contributed by atoms with van der Waals surface area (Å²) in [5.41, 5.74) is 0. The van der Waals surface area contributed by atoms with Crippen molar-refractivity contribution < 1.29 is 18.3 Å². The first-order valence-electron chi connectivity index (χ1n) is 9.50. The molecule has 1 aromatic rings. The Hall–Kier alpha value is -1.18. The van der Waals surface area contributed by atoms with Gasteiger partial charge in [0, 0.05) is 17.4 Å². The van der Waals surface area contributed by atoms with Gasteiger partial charge in [-0.3, -0.25) is 4.79 Å². The van der Waals surface area contributed by atoms with Gasteiger partial charge in [0.05, 0.1) is 4.90 Å². The molecule has 2 aliphatic rings. The van der Waals surface area contributed by atoms with E-state index in [0.717, 1.165) is 10.9 Å². The molecular formula is C20H26BrNO4S. The smallest absolute Gasteiger partial charge is 0.303 e. The summed E-state index contributed by atoms with van der Waals surface area (Å²) in [4.78, 5) is 10.9. The molecule has 0 unspecified atom stereocenters. The lowest BCUT2D eigenvalue weighted by Gasteiger charge is -2.29. The van der Waals surface area contributed by atoms with Gasteiger partial charge >= 0.3 is 5.97 Å². The summed E-state index contributed by atoms with van der Waals surface area (Å²) < 4.78 is 28.8. The third kappa shape index (κ3) is 5.21. The maximum atomic E-state index is 12.6. The fraction of sp³-hybridized carbons (Fsp3) is 0.550. The molecule has 2 N–H and O–H groups in total. The molecule has 0 aliphatic heterocycles. The highest BCUT2D eigenvalue weighted by atomic mass is 79.9. The van der Waals surface area contributed by atoms with Crippen LogP contribution >= 0.6 is 15.9 Å². The van der Waals surface area contributed by atoms with Crippen LogP contribution in [0.5, 0.6) is 0 Å². The number of aliphatic carboxylic acids is 1. The van der Waals surface area contributed by atoms with Gasteiger partial charge in [0.25, 0.3) is 0 Å². The highest BCUT2D eigenvalue weighted by molar-refractivity contribution is 9.10. The van der Waals surface area contributed by atoms with Crippen LogP contribution in [-0.4, -0.2) is 26.0 Å². The number of carboxylic acid groups (broad SMARTS) is 1. The summed E-state index contributed by atoms with van der Waals surface area (Å²) in [5.74, 6) is 1.17. The maximum absolute atomic E-state index is 12.6. The van der Waals surface area contributed by atoms with E-state index in [2.05, 4.69) is 32.8 Å². The molecule has 4 atom stereocenters. The number of carboxylic acids is 1. The minimum Gasteiger partial charge on any atom is -0.481 e. The number of allylic oxidation sites excluding steroid dienone is 2. The van der Waals surface area contributed by atoms with E-state index in [4.69, 9.17) is 5.11 Å². The van der Waals surface area contributed by atoms with Crippen LogP contribution in [-0.2, 0) is 14.8 Å². The molecule has 3 rings (SSSR count). The van der Waals surface area contributed by atoms with Crippen LogP contribution in [0, 0.1) is 23.7 Å². The van der Waals surface area contributed by atoms with Gasteiger partial charge < -0.3 is 5.11 Å². The van der Waals surface area contributed by atoms with Crippen LogP contribution < -0.4 is 4.72 Å². The molecule has 2 aliphatic carbocycles. The zero-order chi connectivity index (χ0) is 19.4. The Bertz CT molecular complexity index is 791. The second kappa shape index (κ2) is 8.88. The van der Waals surface area contributed by atoms with Crippen molar-refractivity contribution in [3.63, 3.8) is 0 Å². The summed E-state index contributed by atoms with van der Waals surface area (Å²) in [6.45, 7) is 0.462. The molecule has 2 saturated carbocycles. The topological polar surface area (TPSA) is 83.5 Å². The molecule has 0 heterocycles. The predicted molar refractivity (Wildman–Crippen MR) is 108 cm³/mol. The standard InChI is InChI=1S/C20H26BrNO4S/c21-16-8-10-17(11-9-16)27(25,26)22-13-19-15-7-6-14(12-15)18(19)4-2-1-3-5-20(23)24/h2,4,8-11,14-15,18-19,22H,1,3,5-7,12-13H2,(H,23,24)/b4-2-/t14-,15+,18+,19-/m0/s1. The molecule has 2 bridgehead atoms. The van der Waals surface area contributed by atoms with Crippen molar-refractivity contribution in [1.29, 1.82) is 0 Å². The minimum absolute atomic E-state index is 0.192. The third-order valence-electron chi connectivity index (χ3n) is 5.91. The molecule has 0 saturated heterocycles. The van der Waals surface area contributed by atoms with Gasteiger partial charge in [-0.1, -0.05) is 28.1 Å². The van der Waals surface area contributed by atoms with Crippen LogP contribution in [0.25, 0.3) is 0 Å². The first-order chi connectivity index (χ1) is 12.9. The van der Waals surface area contributed by atoms with Gasteiger partial charge in [0.1, 0.15) is 0 Å². The maximum Gasteiger partial charge on any atom is 0.303 e. The number of hydrogen-bond acceptors (Lipinski definition) is 3. The van der Waals surface area contributed by atoms with E-state index in [1.165, 1.54) is 19.3 Å². The van der Waals surface area contributed by atoms with Crippen molar-refractivity contribution in [2.45, 2.75) is 43.4 Å². The SMILES string of the molecule is O=C(O)CCC/C=C\[C@@H]1[C@H]2CC[C@H](C2)[C@@H]1CNS(=O)(=O)c1ccc(Br)cc1. The van der Waals surface area contributed by atoms with E-state index in [9.17, 15) is 13.2 Å². The third-order valence-corrected chi connectivity index (χ3v) is 7.88. The van der Waals surface area contributed by atoms with Gasteiger partial charge in [-0.2, -0.15) is 0 Å². The number of unbranched alkanes of at least 4 members (excludes halogenated alkanes) is 1. The zero-order valence-corrected chi connectivity index (χ0v) is 17.6. The highest BCUT2D eigenvalue weighted by Crippen LogP contribution is 2.52. The number of sulfonamides is 1. The molecule has 1 aromatic carbocycles. The number of rotatable bonds is 9. The molecule has 7 heteroatoms. The Morgan fingerprint density at radius 3 is 2.63 bits per heavy atom. The Morgan fingerprint density at radius 1 is 1.22 bits per heavy atom. The second-order valence-electron chi connectivity index (χ2n) is 7.59. The first kappa shape index (κ1) is 20.6. The number of fused-ring (bicyclic) bond motifs is 2. The second-order valence-corrected chi connectivity index (χ2v) is 10.3. The van der Waals surface area contributed by atoms with Gasteiger partial charge in [-0.05, 0) is 80.0 Å². The molecule has 27 heavy (non-hydrogen) atoms. The van der Waals surface area contributed by atoms with Gasteiger partial charge in [-0.25, -0.2) is 13.1 Å². The Labute approximate surface area is 169 Å². The monoisotopic (exact) mass is 455 g/mol. The van der Waals surface area contributed by atoms with Gasteiger partial charge in [0.15, 0.2) is 0 Å². The van der Waals surface area contributed by atoms with Crippen molar-refractivity contribution in [1.82, 2.24) is 4.72 Å². The molecule has 0 spiro atoms. The fourth-order valence-corrected chi connectivity index (χ4v) is 5.92. The number of nitrogens with one attached hydrogen (secondary N) is 1. The minimum atomic E-state index is -3.50. The lowest BCUT2D eigenvalue weighted by molar-refractivity contribution is -0.137. The molecule has 2 fully saturated rings. The average Bonchev–Trinajstić information content (AvgIpc) is 3.21. The molecule has 148 valence electrons. The van der Waals surface area contributed by atoms with E-state index in [1.54, 1.807) is 24.3 Å². The summed E-state index contributed by atoms with van der Waals surface area (Å²) >= 11 is 3.32. The quantitative estimate of drug-likeness (QED) is 0.431. The van der Waals surface area contributed by atoms with Crippen molar-refractivity contribution in [2.24, 2.45) is 23.7 Å². The average molecular weight is 456 g/mol. The van der Waals surface area contributed by atoms with Crippen molar-refractivity contribution >= 4 is 31.9 Å². The summed E-state index contributed by atoms with van der Waals surface area (Å²) in [5, 5.41) is 8.72. The van der Waals surface area contributed by atoms with E-state index >= 15 is 0 Å². The van der Waals surface area contributed by atoms with E-state index < -0.39 is 16.0 Å². The number of benzene rings is 1. The summed E-state index contributed by atoms with van der Waals surface area (Å²) in [6, 6.07) is 6.67. The summed E-state index contributed by atoms with van der Waals surface area (Å²) in [7, 11) is -3.50. The molecule has 0 amide bonds. The molecule has 0 radical (unpaired) electrons. The van der Waals surface area contributed by atoms with Gasteiger partial charge in [0.2, 0.25) is 10.0 Å². The lowest BCUT2D eigenvalue weighted by Crippen LogP contribution is -2.35. The summed E-state index contributed by atoms with van der Waals surface area (Å²) in [6.07, 6.45) is 9.47. The molecule has 5 nitrogen and oxygen atoms in total. The van der Waals surface area contributed by atoms with Crippen LogP contribution in [0.15, 0.2) is 45.8 Å². The van der Waals surface area contributed by atoms with Crippen LogP contribution in [0.2, 0.25) is 0 Å². The largest absolute Gasteiger partial charge is 0.481 e. The molecular weight excluding hydrogens is 430 g/mol. The normalized spacial score (nSPS) is 27.4. The predicted octanol–water partition coefficient (Wildman–Crippen LogP) is 4.20. The Kier molecular flexibility index (Phi) is 6.76. The van der Waals surface area contributed by atoms with Crippen molar-refractivity contribution in [3.05, 3.63) is 40.9 Å².